The summed E-state index contributed by atoms with van der Waals surface area (Å²) in [5, 5.41) is 3.30. The average Bonchev–Trinajstić information content (AvgIpc) is 2.63. The maximum Gasteiger partial charge on any atom is 0.508 e. The van der Waals surface area contributed by atoms with Crippen LogP contribution in [0.5, 0.6) is 0 Å². The van der Waals surface area contributed by atoms with E-state index in [4.69, 9.17) is 14.2 Å². The molecule has 1 N–H and O–H groups in total. The van der Waals surface area contributed by atoms with Gasteiger partial charge in [-0.15, -0.1) is 0 Å². The second kappa shape index (κ2) is 5.01. The van der Waals surface area contributed by atoms with Crippen LogP contribution in [-0.4, -0.2) is 44.2 Å². The van der Waals surface area contributed by atoms with Crippen molar-refractivity contribution in [2.75, 3.05) is 26.3 Å². The molecule has 2 aliphatic heterocycles. The molecular formula is C11H19NO4. The number of hydrogen-bond donors (Lipinski definition) is 1. The van der Waals surface area contributed by atoms with E-state index in [0.717, 1.165) is 32.4 Å². The number of carbonyl (C=O) groups is 1. The first-order valence-electron chi connectivity index (χ1n) is 5.92. The van der Waals surface area contributed by atoms with Gasteiger partial charge in [-0.05, 0) is 32.9 Å². The van der Waals surface area contributed by atoms with Crippen LogP contribution in [0.2, 0.25) is 0 Å². The van der Waals surface area contributed by atoms with Gasteiger partial charge in [0.1, 0.15) is 6.10 Å². The molecule has 92 valence electrons. The molecule has 1 atom stereocenters. The summed E-state index contributed by atoms with van der Waals surface area (Å²) in [5.74, 6) is 0. The van der Waals surface area contributed by atoms with Gasteiger partial charge in [0.2, 0.25) is 0 Å². The van der Waals surface area contributed by atoms with E-state index in [1.807, 2.05) is 0 Å². The van der Waals surface area contributed by atoms with Crippen LogP contribution >= 0.6 is 0 Å². The predicted octanol–water partition coefficient (Wildman–Crippen LogP) is 1.07. The van der Waals surface area contributed by atoms with E-state index < -0.39 is 6.16 Å². The molecule has 0 amide bonds. The molecule has 2 rings (SSSR count). The molecule has 1 unspecified atom stereocenters. The van der Waals surface area contributed by atoms with Crippen molar-refractivity contribution in [3.63, 3.8) is 0 Å². The Morgan fingerprint density at radius 3 is 2.94 bits per heavy atom. The highest BCUT2D eigenvalue weighted by Crippen LogP contribution is 2.35. The SMILES string of the molecule is CCOC(=O)OC1COC2(CCNCC2)C1. The van der Waals surface area contributed by atoms with Crippen LogP contribution in [0, 0.1) is 0 Å². The summed E-state index contributed by atoms with van der Waals surface area (Å²) >= 11 is 0. The second-order valence-electron chi connectivity index (χ2n) is 4.37. The number of nitrogens with one attached hydrogen (secondary N) is 1. The molecule has 0 bridgehead atoms. The van der Waals surface area contributed by atoms with Crippen molar-refractivity contribution in [1.82, 2.24) is 5.32 Å². The Kier molecular flexibility index (Phi) is 3.66. The van der Waals surface area contributed by atoms with Crippen molar-refractivity contribution < 1.29 is 19.0 Å². The Bertz CT molecular complexity index is 250. The van der Waals surface area contributed by atoms with Crippen molar-refractivity contribution >= 4 is 6.16 Å². The third-order valence-electron chi connectivity index (χ3n) is 3.21. The van der Waals surface area contributed by atoms with Gasteiger partial charge >= 0.3 is 6.16 Å². The van der Waals surface area contributed by atoms with Crippen LogP contribution in [0.15, 0.2) is 0 Å². The molecule has 2 heterocycles. The molecule has 0 aromatic rings. The summed E-state index contributed by atoms with van der Waals surface area (Å²) in [6.07, 6.45) is 2.07. The predicted molar refractivity (Wildman–Crippen MR) is 57.3 cm³/mol. The number of ether oxygens (including phenoxy) is 3. The van der Waals surface area contributed by atoms with E-state index in [-0.39, 0.29) is 11.7 Å². The van der Waals surface area contributed by atoms with Gasteiger partial charge in [0.25, 0.3) is 0 Å². The molecule has 5 heteroatoms. The maximum atomic E-state index is 11.2. The van der Waals surface area contributed by atoms with Crippen LogP contribution in [0.1, 0.15) is 26.2 Å². The number of rotatable bonds is 2. The summed E-state index contributed by atoms with van der Waals surface area (Å²) in [4.78, 5) is 11.2. The Morgan fingerprint density at radius 1 is 1.50 bits per heavy atom. The highest BCUT2D eigenvalue weighted by molar-refractivity contribution is 5.60. The lowest BCUT2D eigenvalue weighted by Crippen LogP contribution is -2.41. The number of hydrogen-bond acceptors (Lipinski definition) is 5. The lowest BCUT2D eigenvalue weighted by atomic mass is 9.89. The Morgan fingerprint density at radius 2 is 2.25 bits per heavy atom. The van der Waals surface area contributed by atoms with Gasteiger partial charge in [-0.25, -0.2) is 4.79 Å². The van der Waals surface area contributed by atoms with Crippen LogP contribution < -0.4 is 5.32 Å². The van der Waals surface area contributed by atoms with Gasteiger partial charge in [-0.2, -0.15) is 0 Å². The summed E-state index contributed by atoms with van der Waals surface area (Å²) in [5.41, 5.74) is -0.0671. The fraction of sp³-hybridized carbons (Fsp3) is 0.909. The molecule has 2 aliphatic rings. The first-order chi connectivity index (χ1) is 7.74. The minimum absolute atomic E-state index is 0.0671. The molecule has 0 aromatic heterocycles. The smallest absolute Gasteiger partial charge is 0.435 e. The van der Waals surface area contributed by atoms with E-state index in [1.165, 1.54) is 0 Å². The zero-order chi connectivity index (χ0) is 11.4. The molecule has 5 nitrogen and oxygen atoms in total. The molecule has 0 aromatic carbocycles. The fourth-order valence-electron chi connectivity index (χ4n) is 2.40. The maximum absolute atomic E-state index is 11.2. The fourth-order valence-corrected chi connectivity index (χ4v) is 2.40. The Labute approximate surface area is 95.4 Å². The topological polar surface area (TPSA) is 56.8 Å². The minimum Gasteiger partial charge on any atom is -0.435 e. The van der Waals surface area contributed by atoms with Gasteiger partial charge in [0.05, 0.1) is 18.8 Å². The molecule has 16 heavy (non-hydrogen) atoms. The van der Waals surface area contributed by atoms with Crippen molar-refractivity contribution in [2.45, 2.75) is 37.9 Å². The monoisotopic (exact) mass is 229 g/mol. The van der Waals surface area contributed by atoms with Crippen LogP contribution in [0.3, 0.4) is 0 Å². The van der Waals surface area contributed by atoms with Crippen molar-refractivity contribution in [2.24, 2.45) is 0 Å². The van der Waals surface area contributed by atoms with Gasteiger partial charge in [0.15, 0.2) is 0 Å². The van der Waals surface area contributed by atoms with Crippen molar-refractivity contribution in [3.8, 4) is 0 Å². The summed E-state index contributed by atoms with van der Waals surface area (Å²) in [7, 11) is 0. The third kappa shape index (κ3) is 2.65. The summed E-state index contributed by atoms with van der Waals surface area (Å²) in [6.45, 7) is 4.57. The van der Waals surface area contributed by atoms with E-state index in [1.54, 1.807) is 6.92 Å². The largest absolute Gasteiger partial charge is 0.508 e. The Hall–Kier alpha value is -0.810. The molecule has 0 aliphatic carbocycles. The number of piperidine rings is 1. The molecule has 1 spiro atoms. The molecule has 2 saturated heterocycles. The second-order valence-corrected chi connectivity index (χ2v) is 4.37. The zero-order valence-corrected chi connectivity index (χ0v) is 9.66. The molecular weight excluding hydrogens is 210 g/mol. The third-order valence-corrected chi connectivity index (χ3v) is 3.21. The average molecular weight is 229 g/mol. The quantitative estimate of drug-likeness (QED) is 0.718. The highest BCUT2D eigenvalue weighted by atomic mass is 16.7. The lowest BCUT2D eigenvalue weighted by Gasteiger charge is -2.32. The normalized spacial score (nSPS) is 27.9. The summed E-state index contributed by atoms with van der Waals surface area (Å²) < 4.78 is 15.7. The van der Waals surface area contributed by atoms with E-state index in [9.17, 15) is 4.79 Å². The number of carbonyl (C=O) groups excluding carboxylic acids is 1. The van der Waals surface area contributed by atoms with Gasteiger partial charge in [-0.3, -0.25) is 0 Å². The van der Waals surface area contributed by atoms with Crippen LogP contribution in [0.4, 0.5) is 4.79 Å². The first-order valence-corrected chi connectivity index (χ1v) is 5.92. The van der Waals surface area contributed by atoms with Gasteiger partial charge in [-0.1, -0.05) is 0 Å². The van der Waals surface area contributed by atoms with Crippen molar-refractivity contribution in [3.05, 3.63) is 0 Å². The van der Waals surface area contributed by atoms with Gasteiger partial charge in [0, 0.05) is 6.42 Å². The highest BCUT2D eigenvalue weighted by Gasteiger charge is 2.42. The molecule has 0 radical (unpaired) electrons. The Balaban J connectivity index is 1.80. The lowest BCUT2D eigenvalue weighted by molar-refractivity contribution is -0.0230. The minimum atomic E-state index is -0.581. The van der Waals surface area contributed by atoms with Crippen LogP contribution in [-0.2, 0) is 14.2 Å². The molecule has 0 saturated carbocycles. The van der Waals surface area contributed by atoms with Crippen molar-refractivity contribution in [1.29, 1.82) is 0 Å². The molecule has 2 fully saturated rings. The standard InChI is InChI=1S/C11H19NO4/c1-2-14-10(13)16-9-7-11(15-8-9)3-5-12-6-4-11/h9,12H,2-8H2,1H3. The summed E-state index contributed by atoms with van der Waals surface area (Å²) in [6, 6.07) is 0. The van der Waals surface area contributed by atoms with E-state index in [2.05, 4.69) is 5.32 Å². The van der Waals surface area contributed by atoms with Crippen LogP contribution in [0.25, 0.3) is 0 Å². The van der Waals surface area contributed by atoms with E-state index >= 15 is 0 Å². The zero-order valence-electron chi connectivity index (χ0n) is 9.66. The first kappa shape index (κ1) is 11.7. The van der Waals surface area contributed by atoms with Gasteiger partial charge < -0.3 is 19.5 Å². The van der Waals surface area contributed by atoms with E-state index in [0.29, 0.717) is 13.2 Å².